The lowest BCUT2D eigenvalue weighted by Crippen LogP contribution is -2.17. The number of hydrogen-bond acceptors (Lipinski definition) is 3. The maximum absolute atomic E-state index is 13.2. The number of carbonyl (C=O) groups excluding carboxylic acids is 1. The second-order valence-electron chi connectivity index (χ2n) is 7.28. The highest BCUT2D eigenvalue weighted by molar-refractivity contribution is 6.04. The molecular formula is C24H24N4O2. The standard InChI is InChI=1S/C24H24N4O2/c1-16-7-8-18(14-17(16)2)25-24(29)23-15-21(22-6-5-13-27(22)3)26-28(23)19-9-11-20(30-4)12-10-19/h5-15H,1-4H3,(H,25,29). The molecule has 152 valence electrons. The number of nitrogens with one attached hydrogen (secondary N) is 1. The first-order valence-corrected chi connectivity index (χ1v) is 9.71. The van der Waals surface area contributed by atoms with E-state index in [4.69, 9.17) is 9.84 Å². The van der Waals surface area contributed by atoms with Crippen LogP contribution in [0.2, 0.25) is 0 Å². The van der Waals surface area contributed by atoms with Gasteiger partial charge in [0.2, 0.25) is 0 Å². The van der Waals surface area contributed by atoms with Crippen LogP contribution in [0.4, 0.5) is 5.69 Å². The van der Waals surface area contributed by atoms with E-state index in [1.54, 1.807) is 11.8 Å². The summed E-state index contributed by atoms with van der Waals surface area (Å²) in [5.41, 5.74) is 5.95. The van der Waals surface area contributed by atoms with Gasteiger partial charge in [0.25, 0.3) is 5.91 Å². The van der Waals surface area contributed by atoms with Crippen molar-refractivity contribution in [1.82, 2.24) is 14.3 Å². The largest absolute Gasteiger partial charge is 0.497 e. The van der Waals surface area contributed by atoms with Crippen LogP contribution in [-0.2, 0) is 7.05 Å². The quantitative estimate of drug-likeness (QED) is 0.526. The molecular weight excluding hydrogens is 376 g/mol. The number of benzene rings is 2. The van der Waals surface area contributed by atoms with E-state index in [1.807, 2.05) is 92.3 Å². The highest BCUT2D eigenvalue weighted by Gasteiger charge is 2.19. The number of aryl methyl sites for hydroxylation is 3. The van der Waals surface area contributed by atoms with Gasteiger partial charge < -0.3 is 14.6 Å². The predicted octanol–water partition coefficient (Wildman–Crippen LogP) is 4.76. The van der Waals surface area contributed by atoms with Gasteiger partial charge in [0.15, 0.2) is 0 Å². The Kier molecular flexibility index (Phi) is 5.14. The maximum Gasteiger partial charge on any atom is 0.274 e. The molecule has 0 aliphatic heterocycles. The Balaban J connectivity index is 1.75. The van der Waals surface area contributed by atoms with Crippen molar-refractivity contribution in [2.45, 2.75) is 13.8 Å². The van der Waals surface area contributed by atoms with Crippen LogP contribution in [0.3, 0.4) is 0 Å². The van der Waals surface area contributed by atoms with Crippen LogP contribution in [0.15, 0.2) is 66.9 Å². The van der Waals surface area contributed by atoms with E-state index in [-0.39, 0.29) is 5.91 Å². The summed E-state index contributed by atoms with van der Waals surface area (Å²) in [7, 11) is 3.58. The molecule has 4 rings (SSSR count). The predicted molar refractivity (Wildman–Crippen MR) is 118 cm³/mol. The SMILES string of the molecule is COc1ccc(-n2nc(-c3cccn3C)cc2C(=O)Nc2ccc(C)c(C)c2)cc1. The molecule has 0 unspecified atom stereocenters. The zero-order chi connectivity index (χ0) is 21.3. The summed E-state index contributed by atoms with van der Waals surface area (Å²) in [6.45, 7) is 4.08. The first kappa shape index (κ1) is 19.5. The van der Waals surface area contributed by atoms with Crippen LogP contribution >= 0.6 is 0 Å². The molecule has 0 aliphatic rings. The van der Waals surface area contributed by atoms with Crippen LogP contribution in [-0.4, -0.2) is 27.4 Å². The molecule has 0 aliphatic carbocycles. The van der Waals surface area contributed by atoms with E-state index in [2.05, 4.69) is 5.32 Å². The smallest absolute Gasteiger partial charge is 0.274 e. The van der Waals surface area contributed by atoms with Crippen LogP contribution < -0.4 is 10.1 Å². The van der Waals surface area contributed by atoms with Crippen LogP contribution in [0.5, 0.6) is 5.75 Å². The summed E-state index contributed by atoms with van der Waals surface area (Å²) in [6.07, 6.45) is 1.95. The van der Waals surface area contributed by atoms with Gasteiger partial charge in [0.05, 0.1) is 18.5 Å². The van der Waals surface area contributed by atoms with Crippen molar-refractivity contribution in [3.05, 3.63) is 83.7 Å². The molecule has 1 amide bonds. The molecule has 6 heteroatoms. The minimum absolute atomic E-state index is 0.220. The van der Waals surface area contributed by atoms with Crippen LogP contribution in [0.1, 0.15) is 21.6 Å². The Bertz CT molecular complexity index is 1200. The summed E-state index contributed by atoms with van der Waals surface area (Å²) in [5.74, 6) is 0.525. The van der Waals surface area contributed by atoms with Gasteiger partial charge in [-0.3, -0.25) is 4.79 Å². The molecule has 0 bridgehead atoms. The van der Waals surface area contributed by atoms with E-state index in [1.165, 1.54) is 5.56 Å². The second-order valence-corrected chi connectivity index (χ2v) is 7.28. The van der Waals surface area contributed by atoms with Crippen molar-refractivity contribution in [2.24, 2.45) is 7.05 Å². The first-order chi connectivity index (χ1) is 14.5. The highest BCUT2D eigenvalue weighted by atomic mass is 16.5. The van der Waals surface area contributed by atoms with Gasteiger partial charge in [-0.15, -0.1) is 0 Å². The van der Waals surface area contributed by atoms with Gasteiger partial charge >= 0.3 is 0 Å². The Morgan fingerprint density at radius 2 is 1.77 bits per heavy atom. The number of hydrogen-bond donors (Lipinski definition) is 1. The summed E-state index contributed by atoms with van der Waals surface area (Å²) in [6, 6.07) is 19.1. The number of ether oxygens (including phenoxy) is 1. The lowest BCUT2D eigenvalue weighted by molar-refractivity contribution is 0.101. The molecule has 0 saturated carbocycles. The van der Waals surface area contributed by atoms with Gasteiger partial charge in [-0.25, -0.2) is 4.68 Å². The second kappa shape index (κ2) is 7.91. The minimum Gasteiger partial charge on any atom is -0.497 e. The molecule has 4 aromatic rings. The average Bonchev–Trinajstić information content (AvgIpc) is 3.37. The van der Waals surface area contributed by atoms with Crippen molar-refractivity contribution in [3.63, 3.8) is 0 Å². The molecule has 0 radical (unpaired) electrons. The summed E-state index contributed by atoms with van der Waals surface area (Å²) < 4.78 is 8.89. The lowest BCUT2D eigenvalue weighted by Gasteiger charge is -2.10. The topological polar surface area (TPSA) is 61.1 Å². The molecule has 0 spiro atoms. The third kappa shape index (κ3) is 3.72. The lowest BCUT2D eigenvalue weighted by atomic mass is 10.1. The normalized spacial score (nSPS) is 10.8. The van der Waals surface area contributed by atoms with Crippen LogP contribution in [0.25, 0.3) is 17.1 Å². The van der Waals surface area contributed by atoms with Crippen LogP contribution in [0, 0.1) is 13.8 Å². The van der Waals surface area contributed by atoms with Gasteiger partial charge in [0.1, 0.15) is 17.1 Å². The van der Waals surface area contributed by atoms with E-state index in [0.29, 0.717) is 5.69 Å². The fraction of sp³-hybridized carbons (Fsp3) is 0.167. The number of nitrogens with zero attached hydrogens (tertiary/aromatic N) is 3. The van der Waals surface area contributed by atoms with Crippen molar-refractivity contribution >= 4 is 11.6 Å². The average molecular weight is 400 g/mol. The molecule has 2 aromatic heterocycles. The van der Waals surface area contributed by atoms with Gasteiger partial charge in [-0.1, -0.05) is 6.07 Å². The third-order valence-corrected chi connectivity index (χ3v) is 5.23. The first-order valence-electron chi connectivity index (χ1n) is 9.71. The molecule has 1 N–H and O–H groups in total. The number of amides is 1. The Morgan fingerprint density at radius 1 is 1.00 bits per heavy atom. The summed E-state index contributed by atoms with van der Waals surface area (Å²) in [4.78, 5) is 13.2. The highest BCUT2D eigenvalue weighted by Crippen LogP contribution is 2.24. The molecule has 0 fully saturated rings. The van der Waals surface area contributed by atoms with Crippen molar-refractivity contribution in [1.29, 1.82) is 0 Å². The van der Waals surface area contributed by atoms with Crippen molar-refractivity contribution in [2.75, 3.05) is 12.4 Å². The summed E-state index contributed by atoms with van der Waals surface area (Å²) in [5, 5.41) is 7.73. The van der Waals surface area contributed by atoms with Crippen molar-refractivity contribution < 1.29 is 9.53 Å². The fourth-order valence-electron chi connectivity index (χ4n) is 3.33. The van der Waals surface area contributed by atoms with Gasteiger partial charge in [-0.2, -0.15) is 5.10 Å². The summed E-state index contributed by atoms with van der Waals surface area (Å²) >= 11 is 0. The number of aromatic nitrogens is 3. The minimum atomic E-state index is -0.220. The van der Waals surface area contributed by atoms with E-state index < -0.39 is 0 Å². The zero-order valence-electron chi connectivity index (χ0n) is 17.5. The third-order valence-electron chi connectivity index (χ3n) is 5.23. The number of methoxy groups -OCH3 is 1. The molecule has 30 heavy (non-hydrogen) atoms. The van der Waals surface area contributed by atoms with Crippen molar-refractivity contribution in [3.8, 4) is 22.8 Å². The monoisotopic (exact) mass is 400 g/mol. The molecule has 2 aromatic carbocycles. The number of rotatable bonds is 5. The van der Waals surface area contributed by atoms with E-state index in [9.17, 15) is 4.79 Å². The number of carbonyl (C=O) groups is 1. The fourth-order valence-corrected chi connectivity index (χ4v) is 3.33. The zero-order valence-corrected chi connectivity index (χ0v) is 17.5. The van der Waals surface area contributed by atoms with E-state index >= 15 is 0 Å². The Labute approximate surface area is 175 Å². The molecule has 0 atom stereocenters. The van der Waals surface area contributed by atoms with Gasteiger partial charge in [0, 0.05) is 18.9 Å². The molecule has 0 saturated heterocycles. The molecule has 2 heterocycles. The van der Waals surface area contributed by atoms with Gasteiger partial charge in [-0.05, 0) is 79.6 Å². The Morgan fingerprint density at radius 3 is 2.40 bits per heavy atom. The number of anilines is 1. The Hall–Kier alpha value is -3.80. The maximum atomic E-state index is 13.2. The van der Waals surface area contributed by atoms with E-state index in [0.717, 1.165) is 34.1 Å². The molecule has 6 nitrogen and oxygen atoms in total.